The van der Waals surface area contributed by atoms with Crippen molar-refractivity contribution >= 4 is 34.4 Å². The van der Waals surface area contributed by atoms with E-state index in [1.165, 1.54) is 27.1 Å². The maximum Gasteiger partial charge on any atom is 0.274 e. The van der Waals surface area contributed by atoms with Crippen molar-refractivity contribution in [2.45, 2.75) is 65.1 Å². The van der Waals surface area contributed by atoms with Gasteiger partial charge in [0.2, 0.25) is 0 Å². The molecule has 0 radical (unpaired) electrons. The number of pyridine rings is 2. The summed E-state index contributed by atoms with van der Waals surface area (Å²) in [5.41, 5.74) is 5.28. The number of thiophene rings is 1. The highest BCUT2D eigenvalue weighted by molar-refractivity contribution is 7.14. The maximum absolute atomic E-state index is 15.3. The van der Waals surface area contributed by atoms with Gasteiger partial charge in [-0.2, -0.15) is 0 Å². The fourth-order valence-electron chi connectivity index (χ4n) is 6.18. The lowest BCUT2D eigenvalue weighted by Crippen LogP contribution is -2.37. The molecule has 0 saturated heterocycles. The molecule has 0 atom stereocenters. The van der Waals surface area contributed by atoms with Gasteiger partial charge in [0.1, 0.15) is 17.3 Å². The third-order valence-corrected chi connectivity index (χ3v) is 10.2. The number of rotatable bonds is 8. The van der Waals surface area contributed by atoms with Crippen LogP contribution in [0.3, 0.4) is 0 Å². The first-order valence-corrected chi connectivity index (χ1v) is 16.0. The molecule has 3 aromatic heterocycles. The second-order valence-electron chi connectivity index (χ2n) is 12.1. The van der Waals surface area contributed by atoms with E-state index in [0.717, 1.165) is 48.2 Å². The molecule has 1 aliphatic carbocycles. The lowest BCUT2D eigenvalue weighted by molar-refractivity contribution is 0.0984. The zero-order valence-electron chi connectivity index (χ0n) is 25.6. The first-order valence-electron chi connectivity index (χ1n) is 15.2. The molecular formula is C34H38FN5O3S. The quantitative estimate of drug-likeness (QED) is 0.260. The van der Waals surface area contributed by atoms with E-state index < -0.39 is 12.4 Å². The molecule has 0 fully saturated rings. The molecule has 230 valence electrons. The van der Waals surface area contributed by atoms with Gasteiger partial charge >= 0.3 is 0 Å². The number of benzene rings is 1. The van der Waals surface area contributed by atoms with Crippen LogP contribution in [0.5, 0.6) is 0 Å². The number of halogens is 1. The van der Waals surface area contributed by atoms with Gasteiger partial charge in [-0.3, -0.25) is 14.5 Å². The van der Waals surface area contributed by atoms with Gasteiger partial charge in [0, 0.05) is 54.6 Å². The SMILES string of the molecule is CC(C)N(C)Cc1ccc(Nc2cc(-c3cc(F)cc(N4CCc5c(sc6c5CCCC6)C4=O)c3CO)cn(C)c2=O)nc1. The number of fused-ring (bicyclic) bond motifs is 3. The van der Waals surface area contributed by atoms with Crippen LogP contribution < -0.4 is 15.8 Å². The lowest BCUT2D eigenvalue weighted by atomic mass is 9.91. The molecule has 4 heterocycles. The minimum atomic E-state index is -0.525. The molecular weight excluding hydrogens is 577 g/mol. The minimum Gasteiger partial charge on any atom is -0.392 e. The smallest absolute Gasteiger partial charge is 0.274 e. The molecule has 1 aromatic carbocycles. The second kappa shape index (κ2) is 12.3. The average Bonchev–Trinajstić information content (AvgIpc) is 3.39. The summed E-state index contributed by atoms with van der Waals surface area (Å²) in [4.78, 5) is 37.3. The molecule has 0 unspecified atom stereocenters. The molecule has 1 amide bonds. The van der Waals surface area contributed by atoms with Crippen LogP contribution in [0.4, 0.5) is 21.6 Å². The van der Waals surface area contributed by atoms with Crippen LogP contribution in [0.15, 0.2) is 47.5 Å². The molecule has 10 heteroatoms. The Bertz CT molecular complexity index is 1780. The van der Waals surface area contributed by atoms with Gasteiger partial charge in [0.05, 0.1) is 17.2 Å². The standard InChI is InChI=1S/C34H38FN5O3S/c1-20(2)38(3)17-21-9-10-31(36-16-21)37-28-13-22(18-39(4)33(28)42)26-14-23(35)15-29(27(26)19-41)40-12-11-25-24-7-5-6-8-30(24)44-32(25)34(40)43/h9-10,13-16,18,20,41H,5-8,11-12,17,19H2,1-4H3,(H,36,37). The number of hydrogen-bond donors (Lipinski definition) is 2. The van der Waals surface area contributed by atoms with Crippen molar-refractivity contribution < 1.29 is 14.3 Å². The fraction of sp³-hybridized carbons (Fsp3) is 0.382. The Morgan fingerprint density at radius 1 is 1.11 bits per heavy atom. The molecule has 6 rings (SSSR count). The molecule has 0 spiro atoms. The number of carbonyl (C=O) groups is 1. The van der Waals surface area contributed by atoms with Crippen molar-refractivity contribution in [3.05, 3.63) is 90.9 Å². The zero-order chi connectivity index (χ0) is 31.1. The predicted octanol–water partition coefficient (Wildman–Crippen LogP) is 5.81. The van der Waals surface area contributed by atoms with Gasteiger partial charge in [-0.05, 0) is 99.5 Å². The highest BCUT2D eigenvalue weighted by atomic mass is 32.1. The largest absolute Gasteiger partial charge is 0.392 e. The molecule has 4 aromatic rings. The third kappa shape index (κ3) is 5.69. The van der Waals surface area contributed by atoms with E-state index >= 15 is 4.39 Å². The second-order valence-corrected chi connectivity index (χ2v) is 13.2. The summed E-state index contributed by atoms with van der Waals surface area (Å²) < 4.78 is 16.7. The number of aromatic nitrogens is 2. The van der Waals surface area contributed by atoms with Gasteiger partial charge in [-0.1, -0.05) is 6.07 Å². The Balaban J connectivity index is 1.33. The van der Waals surface area contributed by atoms with E-state index in [4.69, 9.17) is 0 Å². The number of nitrogens with zero attached hydrogens (tertiary/aromatic N) is 4. The van der Waals surface area contributed by atoms with Crippen LogP contribution in [0.2, 0.25) is 0 Å². The van der Waals surface area contributed by atoms with Crippen LogP contribution in [0, 0.1) is 5.82 Å². The Kier molecular flexibility index (Phi) is 8.41. The van der Waals surface area contributed by atoms with Gasteiger partial charge in [0.25, 0.3) is 11.5 Å². The topological polar surface area (TPSA) is 90.7 Å². The van der Waals surface area contributed by atoms with Crippen molar-refractivity contribution in [1.29, 1.82) is 0 Å². The van der Waals surface area contributed by atoms with E-state index in [-0.39, 0.29) is 17.2 Å². The lowest BCUT2D eigenvalue weighted by Gasteiger charge is -2.30. The van der Waals surface area contributed by atoms with Crippen LogP contribution >= 0.6 is 11.3 Å². The predicted molar refractivity (Wildman–Crippen MR) is 173 cm³/mol. The first-order chi connectivity index (χ1) is 21.1. The Labute approximate surface area is 260 Å². The summed E-state index contributed by atoms with van der Waals surface area (Å²) in [6.07, 6.45) is 8.40. The molecule has 0 saturated carbocycles. The molecule has 8 nitrogen and oxygen atoms in total. The van der Waals surface area contributed by atoms with E-state index in [9.17, 15) is 14.7 Å². The maximum atomic E-state index is 15.3. The number of anilines is 3. The first kappa shape index (κ1) is 30.2. The molecule has 0 bridgehead atoms. The highest BCUT2D eigenvalue weighted by Gasteiger charge is 2.33. The summed E-state index contributed by atoms with van der Waals surface area (Å²) in [5, 5.41) is 13.7. The summed E-state index contributed by atoms with van der Waals surface area (Å²) in [6, 6.07) is 8.52. The van der Waals surface area contributed by atoms with Crippen molar-refractivity contribution in [2.24, 2.45) is 7.05 Å². The molecule has 44 heavy (non-hydrogen) atoms. The van der Waals surface area contributed by atoms with Crippen LogP contribution in [0.25, 0.3) is 11.1 Å². The summed E-state index contributed by atoms with van der Waals surface area (Å²) in [6.45, 7) is 5.03. The number of aryl methyl sites for hydroxylation is 2. The summed E-state index contributed by atoms with van der Waals surface area (Å²) >= 11 is 1.57. The van der Waals surface area contributed by atoms with Crippen molar-refractivity contribution in [2.75, 3.05) is 23.8 Å². The van der Waals surface area contributed by atoms with Gasteiger partial charge in [-0.25, -0.2) is 9.37 Å². The van der Waals surface area contributed by atoms with Crippen LogP contribution in [-0.4, -0.2) is 45.1 Å². The third-order valence-electron chi connectivity index (χ3n) is 8.84. The molecule has 2 aliphatic rings. The number of hydrogen-bond acceptors (Lipinski definition) is 7. The zero-order valence-corrected chi connectivity index (χ0v) is 26.4. The van der Waals surface area contributed by atoms with Gasteiger partial charge in [-0.15, -0.1) is 11.3 Å². The Hall–Kier alpha value is -3.86. The normalized spacial score (nSPS) is 14.7. The fourth-order valence-corrected chi connectivity index (χ4v) is 7.57. The molecule has 2 N–H and O–H groups in total. The Morgan fingerprint density at radius 2 is 1.91 bits per heavy atom. The summed E-state index contributed by atoms with van der Waals surface area (Å²) in [5.74, 6) is -0.164. The number of carbonyl (C=O) groups excluding carboxylic acids is 1. The number of aliphatic hydroxyl groups is 1. The number of amides is 1. The average molecular weight is 616 g/mol. The van der Waals surface area contributed by atoms with Gasteiger partial charge in [0.15, 0.2) is 0 Å². The van der Waals surface area contributed by atoms with Crippen molar-refractivity contribution in [3.8, 4) is 11.1 Å². The van der Waals surface area contributed by atoms with Gasteiger partial charge < -0.3 is 19.9 Å². The van der Waals surface area contributed by atoms with E-state index in [2.05, 4.69) is 36.1 Å². The minimum absolute atomic E-state index is 0.145. The summed E-state index contributed by atoms with van der Waals surface area (Å²) in [7, 11) is 3.68. The number of nitrogens with one attached hydrogen (secondary N) is 1. The van der Waals surface area contributed by atoms with Crippen molar-refractivity contribution in [3.63, 3.8) is 0 Å². The van der Waals surface area contributed by atoms with E-state index in [1.807, 2.05) is 12.1 Å². The van der Waals surface area contributed by atoms with Crippen LogP contribution in [-0.2, 0) is 39.5 Å². The van der Waals surface area contributed by atoms with Crippen molar-refractivity contribution in [1.82, 2.24) is 14.5 Å². The van der Waals surface area contributed by atoms with Crippen LogP contribution in [0.1, 0.15) is 63.5 Å². The van der Waals surface area contributed by atoms with E-state index in [1.54, 1.807) is 41.7 Å². The molecule has 1 aliphatic heterocycles. The van der Waals surface area contributed by atoms with E-state index in [0.29, 0.717) is 47.2 Å². The highest BCUT2D eigenvalue weighted by Crippen LogP contribution is 2.41. The number of aliphatic hydroxyl groups excluding tert-OH is 1. The Morgan fingerprint density at radius 3 is 2.64 bits per heavy atom. The monoisotopic (exact) mass is 615 g/mol.